The number of oxazole rings is 2. The van der Waals surface area contributed by atoms with E-state index >= 15 is 0 Å². The number of thiazole rings is 2. The predicted octanol–water partition coefficient (Wildman–Crippen LogP) is 22.5. The lowest BCUT2D eigenvalue weighted by atomic mass is 9.93. The summed E-state index contributed by atoms with van der Waals surface area (Å²) in [5.74, 6) is -4.13. The third-order valence-electron chi connectivity index (χ3n) is 26.3. The number of nitrogens with one attached hydrogen (secondary N) is 1. The molecule has 0 bridgehead atoms. The van der Waals surface area contributed by atoms with Crippen LogP contribution in [-0.2, 0) is 32.1 Å². The molecule has 0 aliphatic carbocycles. The van der Waals surface area contributed by atoms with Gasteiger partial charge in [0.2, 0.25) is 0 Å². The van der Waals surface area contributed by atoms with Gasteiger partial charge in [-0.25, -0.2) is 36.9 Å². The Labute approximate surface area is 842 Å². The van der Waals surface area contributed by atoms with Crippen molar-refractivity contribution in [2.45, 2.75) is 106 Å². The molecule has 0 spiro atoms. The third-order valence-corrected chi connectivity index (χ3v) is 27.9. The van der Waals surface area contributed by atoms with Gasteiger partial charge in [0.05, 0.1) is 71.0 Å². The van der Waals surface area contributed by atoms with Gasteiger partial charge < -0.3 is 33.3 Å². The van der Waals surface area contributed by atoms with Crippen LogP contribution in [0.1, 0.15) is 180 Å². The number of aromatic nitrogens is 13. The highest BCUT2D eigenvalue weighted by molar-refractivity contribution is 7.14. The largest absolute Gasteiger partial charge is 0.432 e. The molecular weight excluding hydrogens is 1880 g/mol. The zero-order chi connectivity index (χ0) is 101. The number of H-pyrrole nitrogens is 1. The number of fused-ring (bicyclic) bond motifs is 1. The highest BCUT2D eigenvalue weighted by Crippen LogP contribution is 2.38. The quantitative estimate of drug-likeness (QED) is 0.0410. The molecular formula is C113H103F5N18O7S2. The van der Waals surface area contributed by atoms with E-state index in [1.807, 2.05) is 151 Å². The summed E-state index contributed by atoms with van der Waals surface area (Å²) in [5.41, 5.74) is 25.2. The molecule has 0 amide bonds. The lowest BCUT2D eigenvalue weighted by Crippen LogP contribution is -2.31. The Bertz CT molecular complexity index is 6740. The fourth-order valence-electron chi connectivity index (χ4n) is 17.9. The first-order valence-electron chi connectivity index (χ1n) is 47.5. The van der Waals surface area contributed by atoms with Gasteiger partial charge in [0.15, 0.2) is 62.2 Å². The van der Waals surface area contributed by atoms with E-state index in [0.29, 0.717) is 48.7 Å². The van der Waals surface area contributed by atoms with Crippen molar-refractivity contribution in [3.8, 4) is 0 Å². The first kappa shape index (κ1) is 100. The molecule has 0 unspecified atom stereocenters. The zero-order valence-electron chi connectivity index (χ0n) is 80.7. The van der Waals surface area contributed by atoms with Gasteiger partial charge in [0, 0.05) is 145 Å². The molecule has 14 heterocycles. The number of para-hydroxylation sites is 2. The van der Waals surface area contributed by atoms with Gasteiger partial charge in [-0.3, -0.25) is 48.9 Å². The van der Waals surface area contributed by atoms with E-state index in [0.717, 1.165) is 192 Å². The number of aryl methyl sites for hydroxylation is 1. The summed E-state index contributed by atoms with van der Waals surface area (Å²) in [5, 5.41) is 20.3. The monoisotopic (exact) mass is 1980 g/mol. The number of tetrazole rings is 1. The van der Waals surface area contributed by atoms with E-state index in [2.05, 4.69) is 149 Å². The Morgan fingerprint density at radius 2 is 0.779 bits per heavy atom. The van der Waals surface area contributed by atoms with Gasteiger partial charge in [-0.2, -0.15) is 10.2 Å². The van der Waals surface area contributed by atoms with Crippen molar-refractivity contribution in [2.24, 2.45) is 0 Å². The number of benzene rings is 7. The smallest absolute Gasteiger partial charge is 0.298 e. The first-order chi connectivity index (χ1) is 70.4. The highest BCUT2D eigenvalue weighted by Gasteiger charge is 2.30. The molecule has 5 aliphatic rings. The Morgan fingerprint density at radius 1 is 0.366 bits per heavy atom. The van der Waals surface area contributed by atoms with Crippen LogP contribution in [-0.4, -0.2) is 160 Å². The second kappa shape index (κ2) is 47.1. The molecule has 145 heavy (non-hydrogen) atoms. The molecule has 1 N–H and O–H groups in total. The lowest BCUT2D eigenvalue weighted by molar-refractivity contribution is 0.0977. The molecule has 16 aromatic rings. The Balaban J connectivity index is 0.000000124. The molecule has 0 saturated carbocycles. The van der Waals surface area contributed by atoms with Gasteiger partial charge in [0.25, 0.3) is 18.0 Å². The Hall–Kier alpha value is -16.2. The maximum absolute atomic E-state index is 13.9. The summed E-state index contributed by atoms with van der Waals surface area (Å²) in [6.07, 6.45) is 23.0. The number of halogens is 5. The SMILES string of the molecule is CC1=C(c2ccc(CC(=O)c3c(F)cccc3F)cc2)CN(c2nc3ccccc3o2)CC1.CC1=C(c2ccc(CC(=O)c3ccccc3C)cc2)CN(c2nccs2)CC1.CC1=C(c2ccc(CC(=O)c3ccncc3F)cc2)CN(c2ncco2)CC1.CC1=C(c2ccc(CC(=O)c3ccncc3F)cc2)CN(c2nn[nH]n2)CC1.CC1=C(c2cnc(CC(=O)c3ccncc3F)cn2)CN(c2nccs2)CC1. The molecule has 7 aromatic carbocycles. The average molecular weight is 1980 g/mol. The lowest BCUT2D eigenvalue weighted by Gasteiger charge is -2.30. The maximum Gasteiger partial charge on any atom is 0.298 e. The van der Waals surface area contributed by atoms with Gasteiger partial charge in [-0.1, -0.05) is 172 Å². The number of hydrogen-bond donors (Lipinski definition) is 1. The number of pyridine rings is 3. The van der Waals surface area contributed by atoms with E-state index < -0.39 is 40.4 Å². The second-order valence-electron chi connectivity index (χ2n) is 35.9. The topological polar surface area (TPSA) is 298 Å². The summed E-state index contributed by atoms with van der Waals surface area (Å²) < 4.78 is 80.4. The zero-order valence-corrected chi connectivity index (χ0v) is 82.3. The fraction of sp³-hybridized carbons (Fsp3) is 0.230. The number of carbonyl (C=O) groups is 5. The van der Waals surface area contributed by atoms with Crippen molar-refractivity contribution in [3.05, 3.63) is 413 Å². The number of hydrogen-bond acceptors (Lipinski definition) is 26. The molecule has 0 fully saturated rings. The average Bonchev–Trinajstić information content (AvgIpc) is 1.73. The van der Waals surface area contributed by atoms with Crippen LogP contribution in [0.4, 0.5) is 50.2 Å². The van der Waals surface area contributed by atoms with Crippen molar-refractivity contribution >= 4 is 119 Å². The van der Waals surface area contributed by atoms with Crippen LogP contribution in [0.2, 0.25) is 0 Å². The minimum absolute atomic E-state index is 0.00250. The maximum atomic E-state index is 13.9. The molecule has 734 valence electrons. The minimum atomic E-state index is -0.834. The number of ketones is 5. The summed E-state index contributed by atoms with van der Waals surface area (Å²) >= 11 is 3.31. The predicted molar refractivity (Wildman–Crippen MR) is 554 cm³/mol. The van der Waals surface area contributed by atoms with Crippen LogP contribution < -0.4 is 24.5 Å². The first-order valence-corrected chi connectivity index (χ1v) is 49.3. The molecule has 0 saturated heterocycles. The summed E-state index contributed by atoms with van der Waals surface area (Å²) in [6.45, 7) is 20.9. The summed E-state index contributed by atoms with van der Waals surface area (Å²) in [7, 11) is 0. The molecule has 25 nitrogen and oxygen atoms in total. The van der Waals surface area contributed by atoms with Gasteiger partial charge in [0.1, 0.15) is 23.4 Å². The van der Waals surface area contributed by atoms with Crippen molar-refractivity contribution in [1.82, 2.24) is 65.5 Å². The molecule has 9 aromatic heterocycles. The van der Waals surface area contributed by atoms with Crippen LogP contribution in [0, 0.1) is 36.0 Å². The highest BCUT2D eigenvalue weighted by atomic mass is 32.1. The summed E-state index contributed by atoms with van der Waals surface area (Å²) in [4.78, 5) is 111. The Kier molecular flexibility index (Phi) is 32.6. The van der Waals surface area contributed by atoms with Crippen LogP contribution in [0.5, 0.6) is 0 Å². The molecule has 21 rings (SSSR count). The van der Waals surface area contributed by atoms with E-state index in [1.54, 1.807) is 47.5 Å². The van der Waals surface area contributed by atoms with E-state index in [-0.39, 0.29) is 65.5 Å². The molecule has 0 atom stereocenters. The standard InChI is InChI=1S/C27H22F2N2O2.C24H24N2OS.C22H20FN3O2.C20H19FN6O.C20H18FN5OS/c1-17-13-14-31(27-30-23-7-2-3-8-25(23)33-27)16-20(17)19-11-9-18(10-12-19)15-24(32)26-21(28)5-4-6-22(26)29;1-17-5-3-4-6-21(17)23(27)15-19-7-9-20(10-8-19)22-16-26(13-11-18(22)2)24-25-12-14-28-24;1-15-7-10-26(22-25-9-11-28-22)14-19(15)17-4-2-16(3-5-17)12-21(27)18-6-8-24-13-20(18)23;1-13-7-9-27(20-23-25-26-24-20)12-17(13)15-4-2-14(3-5-15)10-19(28)16-6-8-22-11-18(16)21;1-13-3-6-26(20-23-5-7-28-20)12-16(13)18-11-24-14(9-25-18)8-19(27)15-2-4-22-10-17(15)21/h2-12H,13-16H2,1H3;3-10,12,14H,11,13,15-16H2,1-2H3;2-6,8-9,11,13H,7,10,12,14H2,1H3;2-6,8,11H,7,9-10,12H2,1H3,(H,23,24,25,26);2,4-5,7,9-11H,3,6,8,12H2,1H3. The van der Waals surface area contributed by atoms with Gasteiger partial charge in [-0.15, -0.1) is 27.8 Å². The summed E-state index contributed by atoms with van der Waals surface area (Å²) in [6, 6.07) is 56.2. The third kappa shape index (κ3) is 25.1. The number of carbonyl (C=O) groups excluding carboxylic acids is 5. The van der Waals surface area contributed by atoms with Crippen LogP contribution in [0.15, 0.2) is 304 Å². The van der Waals surface area contributed by atoms with Gasteiger partial charge in [-0.05, 0) is 199 Å². The Morgan fingerprint density at radius 3 is 1.21 bits per heavy atom. The normalized spacial score (nSPS) is 14.4. The molecule has 0 radical (unpaired) electrons. The van der Waals surface area contributed by atoms with Crippen molar-refractivity contribution in [3.63, 3.8) is 0 Å². The molecule has 5 aliphatic heterocycles. The van der Waals surface area contributed by atoms with Crippen molar-refractivity contribution in [1.29, 1.82) is 0 Å². The van der Waals surface area contributed by atoms with E-state index in [4.69, 9.17) is 8.83 Å². The molecule has 32 heteroatoms. The van der Waals surface area contributed by atoms with Crippen molar-refractivity contribution in [2.75, 3.05) is 89.9 Å². The number of nitrogens with zero attached hydrogens (tertiary/aromatic N) is 17. The number of rotatable bonds is 25. The van der Waals surface area contributed by atoms with Crippen molar-refractivity contribution < 1.29 is 54.8 Å². The van der Waals surface area contributed by atoms with Crippen LogP contribution >= 0.6 is 22.7 Å². The van der Waals surface area contributed by atoms with E-state index in [9.17, 15) is 45.9 Å². The number of Topliss-reactive ketones (excluding diaryl/α,β-unsaturated/α-hetero) is 5. The second-order valence-corrected chi connectivity index (χ2v) is 37.7. The van der Waals surface area contributed by atoms with Gasteiger partial charge >= 0.3 is 0 Å². The van der Waals surface area contributed by atoms with Crippen LogP contribution in [0.3, 0.4) is 0 Å². The number of aromatic amines is 1. The van der Waals surface area contributed by atoms with E-state index in [1.165, 1.54) is 98.6 Å². The fourth-order valence-corrected chi connectivity index (χ4v) is 19.2. The number of anilines is 5. The minimum Gasteiger partial charge on any atom is -0.432 e. The van der Waals surface area contributed by atoms with Crippen LogP contribution in [0.25, 0.3) is 39.0 Å².